The van der Waals surface area contributed by atoms with Crippen LogP contribution in [0.3, 0.4) is 0 Å². The molecule has 1 aliphatic rings. The number of nitrogens with zero attached hydrogens (tertiary/aromatic N) is 1. The van der Waals surface area contributed by atoms with Gasteiger partial charge in [-0.2, -0.15) is 0 Å². The summed E-state index contributed by atoms with van der Waals surface area (Å²) >= 11 is 1.25. The first kappa shape index (κ1) is 13.4. The summed E-state index contributed by atoms with van der Waals surface area (Å²) in [5, 5.41) is 8.75. The highest BCUT2D eigenvalue weighted by Gasteiger charge is 2.27. The molecule has 0 saturated carbocycles. The van der Waals surface area contributed by atoms with Gasteiger partial charge in [-0.25, -0.2) is 14.5 Å². The number of carbonyl (C=O) groups excluding carboxylic acids is 2. The van der Waals surface area contributed by atoms with Crippen molar-refractivity contribution in [3.05, 3.63) is 29.8 Å². The summed E-state index contributed by atoms with van der Waals surface area (Å²) in [6.45, 7) is 0.527. The molecule has 0 radical (unpaired) electrons. The minimum Gasteiger partial charge on any atom is -0.478 e. The highest BCUT2D eigenvalue weighted by Crippen LogP contribution is 2.19. The van der Waals surface area contributed by atoms with Gasteiger partial charge in [0.1, 0.15) is 6.61 Å². The molecule has 1 heterocycles. The Hall–Kier alpha value is -2.02. The first-order valence-corrected chi connectivity index (χ1v) is 6.50. The highest BCUT2D eigenvalue weighted by atomic mass is 32.2. The van der Waals surface area contributed by atoms with Gasteiger partial charge in [0, 0.05) is 4.90 Å². The molecule has 2 rings (SSSR count). The number of ether oxygens (including phenoxy) is 1. The van der Waals surface area contributed by atoms with Crippen molar-refractivity contribution in [2.75, 3.05) is 18.9 Å². The fourth-order valence-electron chi connectivity index (χ4n) is 1.54. The number of aromatic carboxylic acids is 1. The van der Waals surface area contributed by atoms with Gasteiger partial charge in [0.25, 0.3) is 0 Å². The number of hydrogen-bond donors (Lipinski definition) is 1. The SMILES string of the molecule is O=C(O)c1ccc(SCC(=O)N2CCOC2=O)cc1. The van der Waals surface area contributed by atoms with Crippen molar-refractivity contribution in [2.45, 2.75) is 4.90 Å². The second-order valence-electron chi connectivity index (χ2n) is 3.78. The molecule has 100 valence electrons. The van der Waals surface area contributed by atoms with Gasteiger partial charge >= 0.3 is 12.1 Å². The lowest BCUT2D eigenvalue weighted by Gasteiger charge is -2.10. The Bertz CT molecular complexity index is 513. The zero-order chi connectivity index (χ0) is 13.8. The summed E-state index contributed by atoms with van der Waals surface area (Å²) < 4.78 is 4.67. The van der Waals surface area contributed by atoms with Crippen LogP contribution in [-0.2, 0) is 9.53 Å². The molecule has 1 N–H and O–H groups in total. The lowest BCUT2D eigenvalue weighted by Crippen LogP contribution is -2.32. The van der Waals surface area contributed by atoms with Gasteiger partial charge in [-0.1, -0.05) is 0 Å². The van der Waals surface area contributed by atoms with E-state index in [0.29, 0.717) is 0 Å². The second kappa shape index (κ2) is 5.75. The quantitative estimate of drug-likeness (QED) is 0.841. The van der Waals surface area contributed by atoms with Gasteiger partial charge in [-0.15, -0.1) is 11.8 Å². The summed E-state index contributed by atoms with van der Waals surface area (Å²) in [4.78, 5) is 35.4. The van der Waals surface area contributed by atoms with Crippen molar-refractivity contribution < 1.29 is 24.2 Å². The predicted molar refractivity (Wildman–Crippen MR) is 67.2 cm³/mol. The maximum Gasteiger partial charge on any atom is 0.416 e. The average Bonchev–Trinajstić information content (AvgIpc) is 2.83. The maximum atomic E-state index is 11.7. The van der Waals surface area contributed by atoms with Crippen LogP contribution in [0.25, 0.3) is 0 Å². The number of amides is 2. The first-order valence-electron chi connectivity index (χ1n) is 5.51. The maximum absolute atomic E-state index is 11.7. The largest absolute Gasteiger partial charge is 0.478 e. The van der Waals surface area contributed by atoms with Crippen molar-refractivity contribution in [1.82, 2.24) is 4.90 Å². The fraction of sp³-hybridized carbons (Fsp3) is 0.250. The van der Waals surface area contributed by atoms with Gasteiger partial charge < -0.3 is 9.84 Å². The molecule has 19 heavy (non-hydrogen) atoms. The molecule has 1 aromatic carbocycles. The Balaban J connectivity index is 1.89. The number of rotatable bonds is 4. The van der Waals surface area contributed by atoms with Crippen LogP contribution < -0.4 is 0 Å². The molecule has 1 aliphatic heterocycles. The number of imide groups is 1. The predicted octanol–water partition coefficient (Wildman–Crippen LogP) is 1.46. The molecule has 0 atom stereocenters. The normalized spacial score (nSPS) is 14.3. The van der Waals surface area contributed by atoms with E-state index in [0.717, 1.165) is 9.80 Å². The average molecular weight is 281 g/mol. The zero-order valence-corrected chi connectivity index (χ0v) is 10.7. The fourth-order valence-corrected chi connectivity index (χ4v) is 2.31. The highest BCUT2D eigenvalue weighted by molar-refractivity contribution is 8.00. The first-order chi connectivity index (χ1) is 9.08. The molecule has 0 unspecified atom stereocenters. The Labute approximate surface area is 113 Å². The van der Waals surface area contributed by atoms with Crippen molar-refractivity contribution >= 4 is 29.7 Å². The number of cyclic esters (lactones) is 1. The molecule has 7 heteroatoms. The van der Waals surface area contributed by atoms with Crippen LogP contribution in [0.2, 0.25) is 0 Å². The number of carboxylic acid groups (broad SMARTS) is 1. The van der Waals surface area contributed by atoms with Gasteiger partial charge in [-0.05, 0) is 24.3 Å². The van der Waals surface area contributed by atoms with E-state index < -0.39 is 12.1 Å². The molecule has 0 bridgehead atoms. The van der Waals surface area contributed by atoms with Crippen molar-refractivity contribution in [2.24, 2.45) is 0 Å². The van der Waals surface area contributed by atoms with E-state index in [-0.39, 0.29) is 30.4 Å². The number of hydrogen-bond acceptors (Lipinski definition) is 5. The van der Waals surface area contributed by atoms with Crippen LogP contribution in [-0.4, -0.2) is 46.9 Å². The molecule has 0 aliphatic carbocycles. The molecule has 1 saturated heterocycles. The smallest absolute Gasteiger partial charge is 0.416 e. The van der Waals surface area contributed by atoms with Crippen LogP contribution in [0.4, 0.5) is 4.79 Å². The van der Waals surface area contributed by atoms with E-state index in [2.05, 4.69) is 4.74 Å². The molecule has 1 fully saturated rings. The lowest BCUT2D eigenvalue weighted by atomic mass is 10.2. The van der Waals surface area contributed by atoms with E-state index >= 15 is 0 Å². The van der Waals surface area contributed by atoms with Gasteiger partial charge in [0.05, 0.1) is 17.9 Å². The molecule has 0 spiro atoms. The van der Waals surface area contributed by atoms with E-state index in [1.165, 1.54) is 23.9 Å². The Morgan fingerprint density at radius 1 is 1.32 bits per heavy atom. The van der Waals surface area contributed by atoms with Crippen LogP contribution in [0.15, 0.2) is 29.2 Å². The van der Waals surface area contributed by atoms with Crippen LogP contribution in [0.1, 0.15) is 10.4 Å². The van der Waals surface area contributed by atoms with Crippen molar-refractivity contribution in [3.63, 3.8) is 0 Å². The Morgan fingerprint density at radius 3 is 2.53 bits per heavy atom. The molecule has 6 nitrogen and oxygen atoms in total. The summed E-state index contributed by atoms with van der Waals surface area (Å²) in [6, 6.07) is 6.20. The van der Waals surface area contributed by atoms with Crippen molar-refractivity contribution in [1.29, 1.82) is 0 Å². The minimum absolute atomic E-state index is 0.113. The second-order valence-corrected chi connectivity index (χ2v) is 4.83. The van der Waals surface area contributed by atoms with E-state index in [1.54, 1.807) is 12.1 Å². The van der Waals surface area contributed by atoms with E-state index in [4.69, 9.17) is 5.11 Å². The third-order valence-electron chi connectivity index (χ3n) is 2.53. The molecule has 1 aromatic rings. The molecular weight excluding hydrogens is 270 g/mol. The molecule has 2 amide bonds. The van der Waals surface area contributed by atoms with Crippen molar-refractivity contribution in [3.8, 4) is 0 Å². The standard InChI is InChI=1S/C12H11NO5S/c14-10(13-5-6-18-12(13)17)7-19-9-3-1-8(2-4-9)11(15)16/h1-4H,5-7H2,(H,15,16). The zero-order valence-electron chi connectivity index (χ0n) is 9.87. The number of carboxylic acids is 1. The van der Waals surface area contributed by atoms with E-state index in [1.807, 2.05) is 0 Å². The summed E-state index contributed by atoms with van der Waals surface area (Å²) in [5.41, 5.74) is 0.193. The van der Waals surface area contributed by atoms with Crippen LogP contribution in [0.5, 0.6) is 0 Å². The summed E-state index contributed by atoms with van der Waals surface area (Å²) in [6.07, 6.45) is -0.605. The lowest BCUT2D eigenvalue weighted by molar-refractivity contribution is -0.125. The third kappa shape index (κ3) is 3.25. The number of carbonyl (C=O) groups is 3. The van der Waals surface area contributed by atoms with Gasteiger partial charge in [0.2, 0.25) is 5.91 Å². The van der Waals surface area contributed by atoms with Gasteiger partial charge in [-0.3, -0.25) is 4.79 Å². The monoisotopic (exact) mass is 281 g/mol. The Morgan fingerprint density at radius 2 is 2.00 bits per heavy atom. The topological polar surface area (TPSA) is 83.9 Å². The van der Waals surface area contributed by atoms with Crippen LogP contribution in [0, 0.1) is 0 Å². The molecule has 0 aromatic heterocycles. The minimum atomic E-state index is -0.993. The Kier molecular flexibility index (Phi) is 4.06. The van der Waals surface area contributed by atoms with Crippen LogP contribution >= 0.6 is 11.8 Å². The third-order valence-corrected chi connectivity index (χ3v) is 3.52. The summed E-state index contributed by atoms with van der Waals surface area (Å²) in [5.74, 6) is -1.19. The molecular formula is C12H11NO5S. The summed E-state index contributed by atoms with van der Waals surface area (Å²) in [7, 11) is 0. The van der Waals surface area contributed by atoms with Gasteiger partial charge in [0.15, 0.2) is 0 Å². The number of benzene rings is 1. The van der Waals surface area contributed by atoms with E-state index in [9.17, 15) is 14.4 Å². The number of thioether (sulfide) groups is 1.